The molecule has 1 amide bonds. The molecule has 2 rings (SSSR count). The summed E-state index contributed by atoms with van der Waals surface area (Å²) >= 11 is 0. The summed E-state index contributed by atoms with van der Waals surface area (Å²) in [5.41, 5.74) is 2.22. The second-order valence-corrected chi connectivity index (χ2v) is 4.94. The first-order chi connectivity index (χ1) is 8.68. The highest BCUT2D eigenvalue weighted by atomic mass is 16.5. The standard InChI is InChI=1S/C13H21N3O2/c1-9-12(10(2)16-15-9)13(17)14-6-3-7-18-8-11-4-5-11/h11H,3-8H2,1-2H3,(H,14,17)(H,15,16). The van der Waals surface area contributed by atoms with Crippen LogP contribution in [-0.4, -0.2) is 35.9 Å². The number of H-pyrrole nitrogens is 1. The Bertz CT molecular complexity index is 391. The third-order valence-corrected chi connectivity index (χ3v) is 3.16. The van der Waals surface area contributed by atoms with E-state index < -0.39 is 0 Å². The second kappa shape index (κ2) is 6.00. The molecular formula is C13H21N3O2. The van der Waals surface area contributed by atoms with Crippen molar-refractivity contribution in [3.05, 3.63) is 17.0 Å². The van der Waals surface area contributed by atoms with E-state index in [0.717, 1.165) is 36.9 Å². The predicted molar refractivity (Wildman–Crippen MR) is 68.6 cm³/mol. The molecule has 100 valence electrons. The molecule has 1 aromatic heterocycles. The SMILES string of the molecule is Cc1n[nH]c(C)c1C(=O)NCCCOCC1CC1. The van der Waals surface area contributed by atoms with Gasteiger partial charge in [0.15, 0.2) is 0 Å². The van der Waals surface area contributed by atoms with Gasteiger partial charge in [-0.25, -0.2) is 0 Å². The van der Waals surface area contributed by atoms with Gasteiger partial charge in [0.05, 0.1) is 11.3 Å². The lowest BCUT2D eigenvalue weighted by atomic mass is 10.2. The summed E-state index contributed by atoms with van der Waals surface area (Å²) in [5.74, 6) is 0.747. The molecule has 0 radical (unpaired) electrons. The van der Waals surface area contributed by atoms with Crippen LogP contribution in [-0.2, 0) is 4.74 Å². The zero-order valence-corrected chi connectivity index (χ0v) is 11.1. The Hall–Kier alpha value is -1.36. The molecule has 1 saturated carbocycles. The molecule has 18 heavy (non-hydrogen) atoms. The molecule has 1 aliphatic rings. The third-order valence-electron chi connectivity index (χ3n) is 3.16. The van der Waals surface area contributed by atoms with E-state index in [0.29, 0.717) is 12.1 Å². The predicted octanol–water partition coefficient (Wildman–Crippen LogP) is 1.57. The van der Waals surface area contributed by atoms with E-state index in [1.54, 1.807) is 0 Å². The van der Waals surface area contributed by atoms with E-state index in [-0.39, 0.29) is 5.91 Å². The summed E-state index contributed by atoms with van der Waals surface area (Å²) < 4.78 is 5.51. The van der Waals surface area contributed by atoms with Crippen LogP contribution in [0.2, 0.25) is 0 Å². The third kappa shape index (κ3) is 3.57. The lowest BCUT2D eigenvalue weighted by Gasteiger charge is -2.06. The number of hydrogen-bond acceptors (Lipinski definition) is 3. The number of aromatic amines is 1. The molecule has 0 atom stereocenters. The van der Waals surface area contributed by atoms with Crippen molar-refractivity contribution in [2.75, 3.05) is 19.8 Å². The topological polar surface area (TPSA) is 67.0 Å². The van der Waals surface area contributed by atoms with Gasteiger partial charge in [-0.3, -0.25) is 9.89 Å². The van der Waals surface area contributed by atoms with Crippen LogP contribution >= 0.6 is 0 Å². The van der Waals surface area contributed by atoms with E-state index in [1.807, 2.05) is 13.8 Å². The van der Waals surface area contributed by atoms with Crippen LogP contribution < -0.4 is 5.32 Å². The van der Waals surface area contributed by atoms with E-state index in [9.17, 15) is 4.79 Å². The summed E-state index contributed by atoms with van der Waals surface area (Å²) in [6.45, 7) is 5.94. The highest BCUT2D eigenvalue weighted by molar-refractivity contribution is 5.96. The van der Waals surface area contributed by atoms with Gasteiger partial charge in [0.25, 0.3) is 5.91 Å². The molecular weight excluding hydrogens is 230 g/mol. The second-order valence-electron chi connectivity index (χ2n) is 4.94. The van der Waals surface area contributed by atoms with Gasteiger partial charge >= 0.3 is 0 Å². The number of aryl methyl sites for hydroxylation is 2. The zero-order chi connectivity index (χ0) is 13.0. The van der Waals surface area contributed by atoms with Crippen LogP contribution in [0.3, 0.4) is 0 Å². The van der Waals surface area contributed by atoms with Crippen LogP contribution in [0.4, 0.5) is 0 Å². The van der Waals surface area contributed by atoms with E-state index >= 15 is 0 Å². The molecule has 1 heterocycles. The summed E-state index contributed by atoms with van der Waals surface area (Å²) in [6.07, 6.45) is 3.49. The molecule has 0 spiro atoms. The van der Waals surface area contributed by atoms with Crippen molar-refractivity contribution in [3.63, 3.8) is 0 Å². The first-order valence-electron chi connectivity index (χ1n) is 6.56. The van der Waals surface area contributed by atoms with Crippen LogP contribution in [0.15, 0.2) is 0 Å². The molecule has 5 heteroatoms. The number of nitrogens with zero attached hydrogens (tertiary/aromatic N) is 1. The minimum atomic E-state index is -0.0547. The van der Waals surface area contributed by atoms with Crippen LogP contribution in [0.5, 0.6) is 0 Å². The van der Waals surface area contributed by atoms with Crippen molar-refractivity contribution in [3.8, 4) is 0 Å². The van der Waals surface area contributed by atoms with Crippen LogP contribution in [0.1, 0.15) is 41.0 Å². The Balaban J connectivity index is 1.62. The molecule has 1 fully saturated rings. The molecule has 2 N–H and O–H groups in total. The molecule has 0 saturated heterocycles. The number of ether oxygens (including phenoxy) is 1. The van der Waals surface area contributed by atoms with Crippen molar-refractivity contribution in [1.82, 2.24) is 15.5 Å². The van der Waals surface area contributed by atoms with Gasteiger partial charge in [0, 0.05) is 25.5 Å². The van der Waals surface area contributed by atoms with Gasteiger partial charge < -0.3 is 10.1 Å². The van der Waals surface area contributed by atoms with Gasteiger partial charge in [0.1, 0.15) is 0 Å². The highest BCUT2D eigenvalue weighted by Gasteiger charge is 2.20. The van der Waals surface area contributed by atoms with Crippen molar-refractivity contribution in [2.24, 2.45) is 5.92 Å². The lowest BCUT2D eigenvalue weighted by molar-refractivity contribution is 0.0936. The smallest absolute Gasteiger partial charge is 0.255 e. The summed E-state index contributed by atoms with van der Waals surface area (Å²) in [7, 11) is 0. The molecule has 1 aliphatic carbocycles. The number of rotatable bonds is 7. The van der Waals surface area contributed by atoms with Crippen molar-refractivity contribution in [2.45, 2.75) is 33.1 Å². The van der Waals surface area contributed by atoms with Gasteiger partial charge in [-0.15, -0.1) is 0 Å². The normalized spacial score (nSPS) is 14.8. The monoisotopic (exact) mass is 251 g/mol. The summed E-state index contributed by atoms with van der Waals surface area (Å²) in [6, 6.07) is 0. The Labute approximate surface area is 107 Å². The molecule has 0 bridgehead atoms. The number of aromatic nitrogens is 2. The maximum atomic E-state index is 11.9. The molecule has 0 aromatic carbocycles. The first-order valence-corrected chi connectivity index (χ1v) is 6.56. The number of carbonyl (C=O) groups excluding carboxylic acids is 1. The average molecular weight is 251 g/mol. The molecule has 0 aliphatic heterocycles. The van der Waals surface area contributed by atoms with E-state index in [1.165, 1.54) is 12.8 Å². The van der Waals surface area contributed by atoms with Crippen LogP contribution in [0.25, 0.3) is 0 Å². The maximum absolute atomic E-state index is 11.9. The average Bonchev–Trinajstić information content (AvgIpc) is 3.09. The van der Waals surface area contributed by atoms with Gasteiger partial charge in [-0.05, 0) is 39.0 Å². The van der Waals surface area contributed by atoms with Gasteiger partial charge in [0.2, 0.25) is 0 Å². The number of nitrogens with one attached hydrogen (secondary N) is 2. The minimum absolute atomic E-state index is 0.0547. The van der Waals surface area contributed by atoms with E-state index in [4.69, 9.17) is 4.74 Å². The molecule has 0 unspecified atom stereocenters. The van der Waals surface area contributed by atoms with E-state index in [2.05, 4.69) is 15.5 Å². The summed E-state index contributed by atoms with van der Waals surface area (Å²) in [4.78, 5) is 11.9. The maximum Gasteiger partial charge on any atom is 0.255 e. The van der Waals surface area contributed by atoms with Crippen molar-refractivity contribution < 1.29 is 9.53 Å². The number of carbonyl (C=O) groups is 1. The number of amides is 1. The Morgan fingerprint density at radius 2 is 2.28 bits per heavy atom. The quantitative estimate of drug-likeness (QED) is 0.723. The zero-order valence-electron chi connectivity index (χ0n) is 11.1. The van der Waals surface area contributed by atoms with Crippen LogP contribution in [0, 0.1) is 19.8 Å². The van der Waals surface area contributed by atoms with Gasteiger partial charge in [-0.2, -0.15) is 5.10 Å². The Kier molecular flexibility index (Phi) is 4.36. The largest absolute Gasteiger partial charge is 0.381 e. The highest BCUT2D eigenvalue weighted by Crippen LogP contribution is 2.28. The molecule has 1 aromatic rings. The fraction of sp³-hybridized carbons (Fsp3) is 0.692. The number of hydrogen-bond donors (Lipinski definition) is 2. The minimum Gasteiger partial charge on any atom is -0.381 e. The lowest BCUT2D eigenvalue weighted by Crippen LogP contribution is -2.26. The molecule has 5 nitrogen and oxygen atoms in total. The fourth-order valence-corrected chi connectivity index (χ4v) is 1.88. The summed E-state index contributed by atoms with van der Waals surface area (Å²) in [5, 5.41) is 9.71. The van der Waals surface area contributed by atoms with Crippen molar-refractivity contribution >= 4 is 5.91 Å². The fourth-order valence-electron chi connectivity index (χ4n) is 1.88. The van der Waals surface area contributed by atoms with Crippen molar-refractivity contribution in [1.29, 1.82) is 0 Å². The van der Waals surface area contributed by atoms with Gasteiger partial charge in [-0.1, -0.05) is 0 Å². The Morgan fingerprint density at radius 1 is 1.50 bits per heavy atom. The Morgan fingerprint density at radius 3 is 2.89 bits per heavy atom. The first kappa shape index (κ1) is 13.1.